The molecule has 0 radical (unpaired) electrons. The van der Waals surface area contributed by atoms with Gasteiger partial charge in [-0.2, -0.15) is 0 Å². The van der Waals surface area contributed by atoms with Gasteiger partial charge in [0, 0.05) is 5.56 Å². The van der Waals surface area contributed by atoms with E-state index in [2.05, 4.69) is 22.4 Å². The van der Waals surface area contributed by atoms with Crippen LogP contribution in [0.4, 0.5) is 5.69 Å². The van der Waals surface area contributed by atoms with Crippen molar-refractivity contribution in [2.75, 3.05) is 5.32 Å². The average molecular weight is 254 g/mol. The first kappa shape index (κ1) is 9.91. The molecular weight excluding hydrogens is 244 g/mol. The average Bonchev–Trinajstić information content (AvgIpc) is 3.04. The molecule has 1 aliphatic rings. The highest BCUT2D eigenvalue weighted by Gasteiger charge is 2.24. The molecule has 4 heteroatoms. The Bertz CT molecular complexity index is 697. The van der Waals surface area contributed by atoms with Crippen molar-refractivity contribution in [3.8, 4) is 5.75 Å². The van der Waals surface area contributed by atoms with Gasteiger partial charge in [-0.05, 0) is 18.2 Å². The van der Waals surface area contributed by atoms with Gasteiger partial charge in [0.15, 0.2) is 6.23 Å². The standard InChI is InChI=1S/C14H10N2OS/c1-2-6-11-10(5-1)16-14(17-11)9-4-3-7-12-13(9)15-8-18-12/h1-8,14,16H. The van der Waals surface area contributed by atoms with Gasteiger partial charge in [0.05, 0.1) is 21.4 Å². The zero-order chi connectivity index (χ0) is 11.9. The molecule has 3 aromatic rings. The predicted molar refractivity (Wildman–Crippen MR) is 73.1 cm³/mol. The second-order valence-corrected chi connectivity index (χ2v) is 5.07. The highest BCUT2D eigenvalue weighted by molar-refractivity contribution is 7.16. The minimum atomic E-state index is -0.145. The van der Waals surface area contributed by atoms with Gasteiger partial charge in [0.1, 0.15) is 5.75 Å². The molecule has 0 saturated heterocycles. The molecule has 0 aliphatic carbocycles. The lowest BCUT2D eigenvalue weighted by molar-refractivity contribution is 0.261. The Morgan fingerprint density at radius 3 is 3.00 bits per heavy atom. The molecular formula is C14H10N2OS. The molecule has 0 fully saturated rings. The number of aromatic nitrogens is 1. The largest absolute Gasteiger partial charge is 0.464 e. The molecule has 1 atom stereocenters. The highest BCUT2D eigenvalue weighted by Crippen LogP contribution is 2.39. The molecule has 2 heterocycles. The quantitative estimate of drug-likeness (QED) is 0.717. The van der Waals surface area contributed by atoms with Gasteiger partial charge in [-0.1, -0.05) is 24.3 Å². The number of fused-ring (bicyclic) bond motifs is 2. The molecule has 88 valence electrons. The summed E-state index contributed by atoms with van der Waals surface area (Å²) >= 11 is 1.65. The fraction of sp³-hybridized carbons (Fsp3) is 0.0714. The van der Waals surface area contributed by atoms with Crippen LogP contribution in [-0.2, 0) is 0 Å². The lowest BCUT2D eigenvalue weighted by atomic mass is 10.1. The maximum absolute atomic E-state index is 5.92. The molecule has 0 saturated carbocycles. The van der Waals surface area contributed by atoms with E-state index in [1.807, 2.05) is 35.8 Å². The van der Waals surface area contributed by atoms with Crippen LogP contribution < -0.4 is 10.1 Å². The van der Waals surface area contributed by atoms with Crippen LogP contribution in [-0.4, -0.2) is 4.98 Å². The smallest absolute Gasteiger partial charge is 0.198 e. The molecule has 0 amide bonds. The van der Waals surface area contributed by atoms with Gasteiger partial charge < -0.3 is 10.1 Å². The third-order valence-corrected chi connectivity index (χ3v) is 3.89. The lowest BCUT2D eigenvalue weighted by Crippen LogP contribution is -2.10. The summed E-state index contributed by atoms with van der Waals surface area (Å²) in [5.74, 6) is 0.898. The van der Waals surface area contributed by atoms with Gasteiger partial charge >= 0.3 is 0 Å². The topological polar surface area (TPSA) is 34.2 Å². The van der Waals surface area contributed by atoms with Crippen LogP contribution in [0, 0.1) is 0 Å². The van der Waals surface area contributed by atoms with Crippen molar-refractivity contribution >= 4 is 27.2 Å². The number of thiazole rings is 1. The van der Waals surface area contributed by atoms with Crippen LogP contribution in [0.25, 0.3) is 10.2 Å². The van der Waals surface area contributed by atoms with Crippen LogP contribution >= 0.6 is 11.3 Å². The minimum absolute atomic E-state index is 0.145. The van der Waals surface area contributed by atoms with Crippen LogP contribution in [0.1, 0.15) is 11.8 Å². The summed E-state index contributed by atoms with van der Waals surface area (Å²) in [6, 6.07) is 14.2. The van der Waals surface area contributed by atoms with Gasteiger partial charge in [0.2, 0.25) is 0 Å². The van der Waals surface area contributed by atoms with E-state index in [1.165, 1.54) is 4.70 Å². The number of nitrogens with zero attached hydrogens (tertiary/aromatic N) is 1. The van der Waals surface area contributed by atoms with E-state index in [0.717, 1.165) is 22.5 Å². The summed E-state index contributed by atoms with van der Waals surface area (Å²) < 4.78 is 7.11. The molecule has 2 aromatic carbocycles. The van der Waals surface area contributed by atoms with Crippen molar-refractivity contribution in [2.24, 2.45) is 0 Å². The van der Waals surface area contributed by atoms with Gasteiger partial charge in [-0.15, -0.1) is 11.3 Å². The number of ether oxygens (including phenoxy) is 1. The van der Waals surface area contributed by atoms with E-state index >= 15 is 0 Å². The highest BCUT2D eigenvalue weighted by atomic mass is 32.1. The summed E-state index contributed by atoms with van der Waals surface area (Å²) in [4.78, 5) is 4.42. The summed E-state index contributed by atoms with van der Waals surface area (Å²) in [6.07, 6.45) is -0.145. The first-order chi connectivity index (χ1) is 8.92. The predicted octanol–water partition coefficient (Wildman–Crippen LogP) is 3.80. The summed E-state index contributed by atoms with van der Waals surface area (Å²) in [6.45, 7) is 0. The molecule has 3 nitrogen and oxygen atoms in total. The minimum Gasteiger partial charge on any atom is -0.464 e. The van der Waals surface area contributed by atoms with Gasteiger partial charge in [-0.25, -0.2) is 4.98 Å². The monoisotopic (exact) mass is 254 g/mol. The number of rotatable bonds is 1. The first-order valence-electron chi connectivity index (χ1n) is 5.76. The second-order valence-electron chi connectivity index (χ2n) is 4.18. The van der Waals surface area contributed by atoms with Gasteiger partial charge in [-0.3, -0.25) is 0 Å². The first-order valence-corrected chi connectivity index (χ1v) is 6.64. The van der Waals surface area contributed by atoms with Crippen LogP contribution in [0.5, 0.6) is 5.75 Å². The Balaban J connectivity index is 1.80. The molecule has 1 unspecified atom stereocenters. The fourth-order valence-corrected chi connectivity index (χ4v) is 2.96. The van der Waals surface area contributed by atoms with Crippen molar-refractivity contribution in [3.05, 3.63) is 53.5 Å². The Labute approximate surface area is 108 Å². The van der Waals surface area contributed by atoms with Crippen molar-refractivity contribution in [3.63, 3.8) is 0 Å². The zero-order valence-corrected chi connectivity index (χ0v) is 10.3. The number of hydrogen-bond donors (Lipinski definition) is 1. The lowest BCUT2D eigenvalue weighted by Gasteiger charge is -2.12. The van der Waals surface area contributed by atoms with Crippen LogP contribution in [0.3, 0.4) is 0 Å². The fourth-order valence-electron chi connectivity index (χ4n) is 2.25. The van der Waals surface area contributed by atoms with E-state index < -0.39 is 0 Å². The van der Waals surface area contributed by atoms with Crippen LogP contribution in [0.15, 0.2) is 48.0 Å². The molecule has 1 aliphatic heterocycles. The molecule has 18 heavy (non-hydrogen) atoms. The maximum Gasteiger partial charge on any atom is 0.198 e. The summed E-state index contributed by atoms with van der Waals surface area (Å²) in [5, 5.41) is 3.38. The number of anilines is 1. The van der Waals surface area contributed by atoms with Crippen LogP contribution in [0.2, 0.25) is 0 Å². The summed E-state index contributed by atoms with van der Waals surface area (Å²) in [5.41, 5.74) is 5.02. The van der Waals surface area contributed by atoms with Crippen molar-refractivity contribution in [1.82, 2.24) is 4.98 Å². The van der Waals surface area contributed by atoms with Crippen molar-refractivity contribution in [2.45, 2.75) is 6.23 Å². The Morgan fingerprint density at radius 2 is 2.06 bits per heavy atom. The van der Waals surface area contributed by atoms with E-state index in [1.54, 1.807) is 11.3 Å². The summed E-state index contributed by atoms with van der Waals surface area (Å²) in [7, 11) is 0. The second kappa shape index (κ2) is 3.71. The third kappa shape index (κ3) is 1.39. The van der Waals surface area contributed by atoms with Crippen molar-refractivity contribution < 1.29 is 4.74 Å². The Kier molecular flexibility index (Phi) is 2.04. The maximum atomic E-state index is 5.92. The number of benzene rings is 2. The molecule has 4 rings (SSSR count). The van der Waals surface area contributed by atoms with E-state index in [4.69, 9.17) is 4.74 Å². The zero-order valence-electron chi connectivity index (χ0n) is 9.46. The number of para-hydroxylation sites is 3. The Hall–Kier alpha value is -2.07. The molecule has 0 spiro atoms. The Morgan fingerprint density at radius 1 is 1.11 bits per heavy atom. The molecule has 1 N–H and O–H groups in total. The number of nitrogens with one attached hydrogen (secondary N) is 1. The normalized spacial score (nSPS) is 17.2. The van der Waals surface area contributed by atoms with E-state index in [-0.39, 0.29) is 6.23 Å². The number of hydrogen-bond acceptors (Lipinski definition) is 4. The van der Waals surface area contributed by atoms with Gasteiger partial charge in [0.25, 0.3) is 0 Å². The third-order valence-electron chi connectivity index (χ3n) is 3.09. The van der Waals surface area contributed by atoms with E-state index in [0.29, 0.717) is 0 Å². The van der Waals surface area contributed by atoms with Crippen molar-refractivity contribution in [1.29, 1.82) is 0 Å². The SMILES string of the molecule is c1ccc2c(c1)NC(c1cccc3scnc13)O2. The molecule has 1 aromatic heterocycles. The van der Waals surface area contributed by atoms with E-state index in [9.17, 15) is 0 Å². The molecule has 0 bridgehead atoms.